The molecular weight excluding hydrogens is 332 g/mol. The Bertz CT molecular complexity index is 1080. The van der Waals surface area contributed by atoms with Crippen LogP contribution in [0, 0.1) is 0 Å². The monoisotopic (exact) mass is 352 g/mol. The van der Waals surface area contributed by atoms with Crippen molar-refractivity contribution in [3.63, 3.8) is 0 Å². The summed E-state index contributed by atoms with van der Waals surface area (Å²) >= 11 is 0. The number of aryl methyl sites for hydroxylation is 1. The van der Waals surface area contributed by atoms with Crippen LogP contribution in [-0.2, 0) is 13.0 Å². The predicted molar refractivity (Wildman–Crippen MR) is 99.2 cm³/mol. The van der Waals surface area contributed by atoms with Crippen LogP contribution in [0.1, 0.15) is 24.5 Å². The standard InChI is InChI=1S/C19H20N4O3/c1-4-8-23-18(24)13-11-14(21-17(13)22-9-7-20-19(22)23)12-5-6-15(25-2)16(10-12)26-3/h5-7,9-10H,4,8,11H2,1-3H3. The van der Waals surface area contributed by atoms with Gasteiger partial charge in [0.2, 0.25) is 5.78 Å². The third-order valence-corrected chi connectivity index (χ3v) is 4.61. The van der Waals surface area contributed by atoms with E-state index in [0.717, 1.165) is 17.7 Å². The third-order valence-electron chi connectivity index (χ3n) is 4.61. The van der Waals surface area contributed by atoms with E-state index in [1.807, 2.05) is 35.7 Å². The number of imidazole rings is 1. The zero-order valence-electron chi connectivity index (χ0n) is 15.0. The summed E-state index contributed by atoms with van der Waals surface area (Å²) in [6.45, 7) is 2.68. The molecule has 4 rings (SSSR count). The van der Waals surface area contributed by atoms with E-state index >= 15 is 0 Å². The van der Waals surface area contributed by atoms with Crippen LogP contribution in [0.25, 0.3) is 5.78 Å². The molecule has 7 heteroatoms. The maximum absolute atomic E-state index is 13.0. The van der Waals surface area contributed by atoms with Crippen molar-refractivity contribution in [2.45, 2.75) is 26.3 Å². The first kappa shape index (κ1) is 16.4. The van der Waals surface area contributed by atoms with Crippen molar-refractivity contribution in [1.82, 2.24) is 14.0 Å². The molecule has 0 unspecified atom stereocenters. The number of fused-ring (bicyclic) bond motifs is 3. The number of benzene rings is 1. The van der Waals surface area contributed by atoms with Crippen molar-refractivity contribution in [3.05, 3.63) is 52.1 Å². The largest absolute Gasteiger partial charge is 0.493 e. The zero-order chi connectivity index (χ0) is 18.3. The van der Waals surface area contributed by atoms with Crippen LogP contribution in [-0.4, -0.2) is 33.9 Å². The Labute approximate surface area is 150 Å². The van der Waals surface area contributed by atoms with Gasteiger partial charge in [0.05, 0.1) is 25.5 Å². The number of nitrogens with zero attached hydrogens (tertiary/aromatic N) is 4. The average Bonchev–Trinajstić information content (AvgIpc) is 3.31. The zero-order valence-corrected chi connectivity index (χ0v) is 15.0. The van der Waals surface area contributed by atoms with Crippen LogP contribution >= 0.6 is 0 Å². The number of aliphatic imine (C=N–C) groups is 1. The van der Waals surface area contributed by atoms with Crippen molar-refractivity contribution in [2.24, 2.45) is 4.99 Å². The van der Waals surface area contributed by atoms with E-state index in [1.54, 1.807) is 25.0 Å². The van der Waals surface area contributed by atoms with Gasteiger partial charge in [0, 0.05) is 30.9 Å². The van der Waals surface area contributed by atoms with E-state index in [9.17, 15) is 4.79 Å². The lowest BCUT2D eigenvalue weighted by molar-refractivity contribution is 0.355. The summed E-state index contributed by atoms with van der Waals surface area (Å²) in [6, 6.07) is 5.67. The second kappa shape index (κ2) is 6.33. The number of aromatic nitrogens is 3. The highest BCUT2D eigenvalue weighted by molar-refractivity contribution is 6.06. The molecule has 0 radical (unpaired) electrons. The topological polar surface area (TPSA) is 70.1 Å². The summed E-state index contributed by atoms with van der Waals surface area (Å²) in [5.74, 6) is 2.60. The number of hydrogen-bond acceptors (Lipinski definition) is 5. The van der Waals surface area contributed by atoms with Crippen LogP contribution in [0.2, 0.25) is 0 Å². The number of hydrogen-bond donors (Lipinski definition) is 0. The van der Waals surface area contributed by atoms with E-state index in [1.165, 1.54) is 0 Å². The minimum absolute atomic E-state index is 0.0141. The molecule has 2 aromatic heterocycles. The smallest absolute Gasteiger partial charge is 0.260 e. The molecule has 134 valence electrons. The van der Waals surface area contributed by atoms with E-state index in [0.29, 0.717) is 41.6 Å². The fraction of sp³-hybridized carbons (Fsp3) is 0.316. The lowest BCUT2D eigenvalue weighted by Crippen LogP contribution is -2.26. The van der Waals surface area contributed by atoms with Crippen molar-refractivity contribution < 1.29 is 9.47 Å². The lowest BCUT2D eigenvalue weighted by Gasteiger charge is -2.09. The molecular formula is C19H20N4O3. The van der Waals surface area contributed by atoms with Crippen molar-refractivity contribution in [3.8, 4) is 11.5 Å². The first-order valence-corrected chi connectivity index (χ1v) is 8.56. The molecule has 0 amide bonds. The first-order chi connectivity index (χ1) is 12.7. The molecule has 7 nitrogen and oxygen atoms in total. The van der Waals surface area contributed by atoms with E-state index in [4.69, 9.17) is 14.5 Å². The molecule has 0 bridgehead atoms. The minimum atomic E-state index is -0.0141. The summed E-state index contributed by atoms with van der Waals surface area (Å²) < 4.78 is 14.3. The second-order valence-corrected chi connectivity index (χ2v) is 6.16. The molecule has 3 aromatic rings. The van der Waals surface area contributed by atoms with Gasteiger partial charge >= 0.3 is 0 Å². The Balaban J connectivity index is 1.84. The van der Waals surface area contributed by atoms with Gasteiger partial charge in [0.1, 0.15) is 5.82 Å². The van der Waals surface area contributed by atoms with Gasteiger partial charge < -0.3 is 9.47 Å². The summed E-state index contributed by atoms with van der Waals surface area (Å²) in [4.78, 5) is 22.0. The Morgan fingerprint density at radius 1 is 1.19 bits per heavy atom. The highest BCUT2D eigenvalue weighted by Gasteiger charge is 2.25. The Morgan fingerprint density at radius 3 is 2.73 bits per heavy atom. The molecule has 0 aliphatic carbocycles. The molecule has 0 fully saturated rings. The summed E-state index contributed by atoms with van der Waals surface area (Å²) in [6.07, 6.45) is 4.90. The molecule has 3 heterocycles. The lowest BCUT2D eigenvalue weighted by atomic mass is 10.1. The Morgan fingerprint density at radius 2 is 2.00 bits per heavy atom. The van der Waals surface area contributed by atoms with Gasteiger partial charge in [-0.3, -0.25) is 13.8 Å². The van der Waals surface area contributed by atoms with Gasteiger partial charge in [0.15, 0.2) is 11.5 Å². The Kier molecular flexibility index (Phi) is 3.99. The fourth-order valence-corrected chi connectivity index (χ4v) is 3.37. The minimum Gasteiger partial charge on any atom is -0.493 e. The molecule has 26 heavy (non-hydrogen) atoms. The maximum atomic E-state index is 13.0. The van der Waals surface area contributed by atoms with E-state index in [2.05, 4.69) is 4.98 Å². The summed E-state index contributed by atoms with van der Waals surface area (Å²) in [5, 5.41) is 0. The molecule has 0 saturated heterocycles. The van der Waals surface area contributed by atoms with Gasteiger partial charge in [0.25, 0.3) is 5.56 Å². The highest BCUT2D eigenvalue weighted by Crippen LogP contribution is 2.32. The van der Waals surface area contributed by atoms with Gasteiger partial charge in [-0.25, -0.2) is 9.98 Å². The van der Waals surface area contributed by atoms with Crippen molar-refractivity contribution >= 4 is 17.3 Å². The third kappa shape index (κ3) is 2.39. The van der Waals surface area contributed by atoms with Crippen LogP contribution in [0.4, 0.5) is 5.82 Å². The van der Waals surface area contributed by atoms with E-state index < -0.39 is 0 Å². The maximum Gasteiger partial charge on any atom is 0.260 e. The number of rotatable bonds is 5. The van der Waals surface area contributed by atoms with Crippen LogP contribution < -0.4 is 15.0 Å². The van der Waals surface area contributed by atoms with Crippen molar-refractivity contribution in [2.75, 3.05) is 14.2 Å². The summed E-state index contributed by atoms with van der Waals surface area (Å²) in [7, 11) is 3.21. The molecule has 1 aliphatic rings. The van der Waals surface area contributed by atoms with Crippen LogP contribution in [0.15, 0.2) is 40.4 Å². The Hall–Kier alpha value is -3.09. The first-order valence-electron chi connectivity index (χ1n) is 8.56. The molecule has 0 saturated carbocycles. The SMILES string of the molecule is CCCn1c(=O)c2c(n3ccnc13)N=C(c1ccc(OC)c(OC)c1)C2. The predicted octanol–water partition coefficient (Wildman–Crippen LogP) is 2.60. The quantitative estimate of drug-likeness (QED) is 0.708. The van der Waals surface area contributed by atoms with Gasteiger partial charge in [-0.1, -0.05) is 6.92 Å². The van der Waals surface area contributed by atoms with Crippen LogP contribution in [0.5, 0.6) is 11.5 Å². The van der Waals surface area contributed by atoms with Gasteiger partial charge in [-0.2, -0.15) is 0 Å². The normalized spacial score (nSPS) is 13.0. The number of methoxy groups -OCH3 is 2. The molecule has 0 N–H and O–H groups in total. The molecule has 0 atom stereocenters. The molecule has 1 aromatic carbocycles. The average molecular weight is 352 g/mol. The second-order valence-electron chi connectivity index (χ2n) is 6.16. The van der Waals surface area contributed by atoms with E-state index in [-0.39, 0.29) is 5.56 Å². The number of ether oxygens (including phenoxy) is 2. The molecule has 1 aliphatic heterocycles. The van der Waals surface area contributed by atoms with Crippen LogP contribution in [0.3, 0.4) is 0 Å². The molecule has 0 spiro atoms. The van der Waals surface area contributed by atoms with Crippen molar-refractivity contribution in [1.29, 1.82) is 0 Å². The van der Waals surface area contributed by atoms with Gasteiger partial charge in [-0.05, 0) is 24.6 Å². The fourth-order valence-electron chi connectivity index (χ4n) is 3.37. The highest BCUT2D eigenvalue weighted by atomic mass is 16.5. The van der Waals surface area contributed by atoms with Gasteiger partial charge in [-0.15, -0.1) is 0 Å². The summed E-state index contributed by atoms with van der Waals surface area (Å²) in [5.41, 5.74) is 2.43.